The fraction of sp³-hybridized carbons (Fsp3) is 0.741. The molecule has 1 amide bonds. The Kier molecular flexibility index (Phi) is 8.31. The van der Waals surface area contributed by atoms with Crippen LogP contribution < -0.4 is 5.32 Å². The molecule has 2 aliphatic rings. The van der Waals surface area contributed by atoms with Crippen LogP contribution in [0, 0.1) is 24.2 Å². The first-order chi connectivity index (χ1) is 16.2. The summed E-state index contributed by atoms with van der Waals surface area (Å²) in [6.07, 6.45) is 4.03. The number of carbonyl (C=O) groups excluding carboxylic acids is 2. The first-order valence-corrected chi connectivity index (χ1v) is 13.6. The number of thiazole rings is 1. The van der Waals surface area contributed by atoms with Gasteiger partial charge in [-0.15, -0.1) is 11.3 Å². The third kappa shape index (κ3) is 6.40. The van der Waals surface area contributed by atoms with E-state index in [9.17, 15) is 19.8 Å². The van der Waals surface area contributed by atoms with Crippen LogP contribution in [0.2, 0.25) is 0 Å². The Balaban J connectivity index is 1.88. The van der Waals surface area contributed by atoms with Gasteiger partial charge in [0.25, 0.3) is 0 Å². The van der Waals surface area contributed by atoms with Crippen molar-refractivity contribution in [3.8, 4) is 0 Å². The molecule has 6 atom stereocenters. The van der Waals surface area contributed by atoms with Crippen LogP contribution in [0.4, 0.5) is 0 Å². The lowest BCUT2D eigenvalue weighted by Gasteiger charge is -2.33. The number of aromatic nitrogens is 1. The molecule has 196 valence electrons. The van der Waals surface area contributed by atoms with Gasteiger partial charge in [0.05, 0.1) is 34.7 Å². The smallest absolute Gasteiger partial charge is 0.223 e. The summed E-state index contributed by atoms with van der Waals surface area (Å²) >= 11 is 1.55. The number of aliphatic hydroxyl groups is 2. The summed E-state index contributed by atoms with van der Waals surface area (Å²) in [4.78, 5) is 30.7. The van der Waals surface area contributed by atoms with Crippen molar-refractivity contribution in [1.82, 2.24) is 10.3 Å². The van der Waals surface area contributed by atoms with E-state index in [1.807, 2.05) is 39.2 Å². The highest BCUT2D eigenvalue weighted by molar-refractivity contribution is 7.09. The second-order valence-corrected chi connectivity index (χ2v) is 12.6. The molecule has 7 nitrogen and oxygen atoms in total. The second-order valence-electron chi connectivity index (χ2n) is 11.6. The number of ketones is 1. The van der Waals surface area contributed by atoms with Crippen LogP contribution >= 0.6 is 11.3 Å². The third-order valence-electron chi connectivity index (χ3n) is 7.96. The Hall–Kier alpha value is -1.61. The van der Waals surface area contributed by atoms with Gasteiger partial charge in [-0.2, -0.15) is 0 Å². The van der Waals surface area contributed by atoms with E-state index >= 15 is 0 Å². The zero-order chi connectivity index (χ0) is 26.2. The zero-order valence-electron chi connectivity index (χ0n) is 22.2. The molecule has 0 aliphatic carbocycles. The summed E-state index contributed by atoms with van der Waals surface area (Å²) in [5.41, 5.74) is -0.0778. The van der Waals surface area contributed by atoms with E-state index in [2.05, 4.69) is 17.2 Å². The quantitative estimate of drug-likeness (QED) is 0.513. The Labute approximate surface area is 213 Å². The Morgan fingerprint density at radius 3 is 2.60 bits per heavy atom. The third-order valence-corrected chi connectivity index (χ3v) is 8.75. The van der Waals surface area contributed by atoms with E-state index in [0.717, 1.165) is 35.5 Å². The van der Waals surface area contributed by atoms with Crippen LogP contribution in [0.3, 0.4) is 0 Å². The van der Waals surface area contributed by atoms with E-state index in [0.29, 0.717) is 12.3 Å². The van der Waals surface area contributed by atoms with Crippen LogP contribution in [-0.4, -0.2) is 50.4 Å². The molecule has 1 aromatic rings. The highest BCUT2D eigenvalue weighted by Gasteiger charge is 2.66. The SMILES string of the molecule is CC(=Cc1csc(C)n1)[C@@H]1C[C@]2(O)O[C@]2(C)CCC[C@H](C)C[C@@H](C)C(=O)C(C)(C)[C@@H](O)CC(=O)N1. The predicted molar refractivity (Wildman–Crippen MR) is 138 cm³/mol. The minimum Gasteiger partial charge on any atom is -0.392 e. The summed E-state index contributed by atoms with van der Waals surface area (Å²) in [6, 6.07) is -0.506. The van der Waals surface area contributed by atoms with E-state index in [1.165, 1.54) is 0 Å². The van der Waals surface area contributed by atoms with Crippen molar-refractivity contribution < 1.29 is 24.5 Å². The number of epoxide rings is 1. The number of rotatable bonds is 2. The summed E-state index contributed by atoms with van der Waals surface area (Å²) in [5.74, 6) is -1.61. The molecule has 2 fully saturated rings. The van der Waals surface area contributed by atoms with Crippen molar-refractivity contribution in [3.05, 3.63) is 21.7 Å². The van der Waals surface area contributed by atoms with E-state index in [-0.39, 0.29) is 30.4 Å². The first kappa shape index (κ1) is 28.0. The number of aryl methyl sites for hydroxylation is 1. The topological polar surface area (TPSA) is 112 Å². The van der Waals surface area contributed by atoms with Gasteiger partial charge < -0.3 is 20.3 Å². The number of amides is 1. The van der Waals surface area contributed by atoms with E-state index in [4.69, 9.17) is 4.74 Å². The van der Waals surface area contributed by atoms with E-state index in [1.54, 1.807) is 25.2 Å². The normalized spacial score (nSPS) is 37.5. The van der Waals surface area contributed by atoms with Crippen LogP contribution in [0.5, 0.6) is 0 Å². The number of hydrogen-bond donors (Lipinski definition) is 3. The summed E-state index contributed by atoms with van der Waals surface area (Å²) in [6.45, 7) is 13.2. The van der Waals surface area contributed by atoms with Crippen molar-refractivity contribution >= 4 is 29.1 Å². The maximum Gasteiger partial charge on any atom is 0.223 e. The largest absolute Gasteiger partial charge is 0.392 e. The number of ether oxygens (including phenoxy) is 1. The average molecular weight is 507 g/mol. The molecule has 3 heterocycles. The average Bonchev–Trinajstić information content (AvgIpc) is 3.04. The van der Waals surface area contributed by atoms with Gasteiger partial charge in [0.15, 0.2) is 5.79 Å². The highest BCUT2D eigenvalue weighted by atomic mass is 32.1. The van der Waals surface area contributed by atoms with Crippen LogP contribution in [0.15, 0.2) is 11.0 Å². The molecule has 0 bridgehead atoms. The monoisotopic (exact) mass is 506 g/mol. The van der Waals surface area contributed by atoms with Gasteiger partial charge in [-0.05, 0) is 51.2 Å². The Morgan fingerprint density at radius 1 is 1.29 bits per heavy atom. The number of carbonyl (C=O) groups is 2. The molecule has 3 rings (SSSR count). The molecule has 2 saturated heterocycles. The molecule has 35 heavy (non-hydrogen) atoms. The van der Waals surface area contributed by atoms with Crippen molar-refractivity contribution in [1.29, 1.82) is 0 Å². The summed E-state index contributed by atoms with van der Waals surface area (Å²) in [7, 11) is 0. The van der Waals surface area contributed by atoms with Crippen LogP contribution in [0.25, 0.3) is 6.08 Å². The molecule has 0 spiro atoms. The molecule has 0 aromatic carbocycles. The van der Waals surface area contributed by atoms with Gasteiger partial charge in [-0.3, -0.25) is 9.59 Å². The molecule has 8 heteroatoms. The standard InChI is InChI=1S/C27H42N2O5S/c1-16-9-8-10-26(7)27(33,34-26)14-21(17(2)12-20-15-35-19(4)28-20)29-23(31)13-22(30)25(5,6)24(32)18(3)11-16/h12,15-16,18,21-22,30,33H,8-11,13-14H2,1-7H3,(H,29,31)/t16-,18+,21-,22-,26+,27-/m0/s1. The molecule has 1 aromatic heterocycles. The minimum atomic E-state index is -1.33. The van der Waals surface area contributed by atoms with Crippen LogP contribution in [-0.2, 0) is 14.3 Å². The van der Waals surface area contributed by atoms with Gasteiger partial charge in [-0.25, -0.2) is 4.98 Å². The van der Waals surface area contributed by atoms with Gasteiger partial charge >= 0.3 is 0 Å². The molecule has 0 unspecified atom stereocenters. The lowest BCUT2D eigenvalue weighted by atomic mass is 9.73. The van der Waals surface area contributed by atoms with E-state index < -0.39 is 28.9 Å². The highest BCUT2D eigenvalue weighted by Crippen LogP contribution is 2.52. The second kappa shape index (κ2) is 10.4. The molecular weight excluding hydrogens is 464 g/mol. The number of hydrogen-bond acceptors (Lipinski definition) is 7. The van der Waals surface area contributed by atoms with Crippen molar-refractivity contribution in [3.63, 3.8) is 0 Å². The number of nitrogens with one attached hydrogen (secondary N) is 1. The van der Waals surface area contributed by atoms with Gasteiger partial charge in [0.2, 0.25) is 5.91 Å². The lowest BCUT2D eigenvalue weighted by molar-refractivity contribution is -0.139. The predicted octanol–water partition coefficient (Wildman–Crippen LogP) is 4.40. The van der Waals surface area contributed by atoms with Crippen molar-refractivity contribution in [2.75, 3.05) is 0 Å². The van der Waals surface area contributed by atoms with Crippen molar-refractivity contribution in [2.24, 2.45) is 17.3 Å². The maximum absolute atomic E-state index is 13.2. The maximum atomic E-state index is 13.2. The zero-order valence-corrected chi connectivity index (χ0v) is 23.0. The minimum absolute atomic E-state index is 0.0184. The number of Topliss-reactive ketones (excluding diaryl/α,β-unsaturated/α-hetero) is 1. The van der Waals surface area contributed by atoms with Crippen molar-refractivity contribution in [2.45, 2.75) is 111 Å². The molecule has 3 N–H and O–H groups in total. The Morgan fingerprint density at radius 2 is 1.97 bits per heavy atom. The summed E-state index contributed by atoms with van der Waals surface area (Å²) in [5, 5.41) is 28.0. The Bertz CT molecular complexity index is 973. The first-order valence-electron chi connectivity index (χ1n) is 12.7. The van der Waals surface area contributed by atoms with Gasteiger partial charge in [-0.1, -0.05) is 40.5 Å². The molecule has 0 radical (unpaired) electrons. The van der Waals surface area contributed by atoms with Crippen LogP contribution in [0.1, 0.15) is 90.8 Å². The number of fused-ring (bicyclic) bond motifs is 1. The number of nitrogens with zero attached hydrogens (tertiary/aromatic N) is 1. The molecule has 2 aliphatic heterocycles. The number of aliphatic hydroxyl groups excluding tert-OH is 1. The molecular formula is C27H42N2O5S. The molecule has 0 saturated carbocycles. The van der Waals surface area contributed by atoms with Gasteiger partial charge in [0.1, 0.15) is 11.4 Å². The lowest BCUT2D eigenvalue weighted by Crippen LogP contribution is -2.46. The fourth-order valence-corrected chi connectivity index (χ4v) is 5.90. The summed E-state index contributed by atoms with van der Waals surface area (Å²) < 4.78 is 5.87. The fourth-order valence-electron chi connectivity index (χ4n) is 5.33. The van der Waals surface area contributed by atoms with Gasteiger partial charge in [0, 0.05) is 17.7 Å².